The molecule has 0 amide bonds. The average molecular weight is 303 g/mol. The first-order valence-electron chi connectivity index (χ1n) is 5.57. The Bertz CT molecular complexity index is 776. The van der Waals surface area contributed by atoms with Crippen molar-refractivity contribution < 1.29 is 8.42 Å². The molecular weight excluding hydrogens is 292 g/mol. The molecule has 0 radical (unpaired) electrons. The van der Waals surface area contributed by atoms with Crippen LogP contribution in [0, 0.1) is 4.77 Å². The molecule has 0 aliphatic carbocycles. The van der Waals surface area contributed by atoms with Gasteiger partial charge in [0.1, 0.15) is 0 Å². The molecule has 1 aliphatic heterocycles. The number of fused-ring (bicyclic) bond motifs is 1. The number of nitrogens with one attached hydrogen (secondary N) is 1. The van der Waals surface area contributed by atoms with Crippen LogP contribution in [0.25, 0.3) is 11.0 Å². The molecule has 2 aromatic rings. The number of halogens is 1. The van der Waals surface area contributed by atoms with E-state index < -0.39 is 9.84 Å². The largest absolute Gasteiger partial charge is 0.329 e. The van der Waals surface area contributed by atoms with Crippen molar-refractivity contribution in [2.75, 3.05) is 11.5 Å². The van der Waals surface area contributed by atoms with Crippen molar-refractivity contribution in [3.05, 3.63) is 28.0 Å². The SMILES string of the molecule is O=S1(=O)CCC(n2c(=S)[nH]c3c(Cl)cccc32)C1. The first-order chi connectivity index (χ1) is 8.48. The number of H-pyrrole nitrogens is 1. The Labute approximate surface area is 114 Å². The van der Waals surface area contributed by atoms with Crippen LogP contribution in [0.15, 0.2) is 18.2 Å². The summed E-state index contributed by atoms with van der Waals surface area (Å²) in [4.78, 5) is 3.05. The summed E-state index contributed by atoms with van der Waals surface area (Å²) in [6.45, 7) is 0. The average Bonchev–Trinajstić information content (AvgIpc) is 2.79. The second kappa shape index (κ2) is 4.08. The molecule has 18 heavy (non-hydrogen) atoms. The maximum absolute atomic E-state index is 11.6. The standard InChI is InChI=1S/C11H11ClN2O2S2/c12-8-2-1-3-9-10(8)13-11(17)14(9)7-4-5-18(15,16)6-7/h1-3,7H,4-6H2,(H,13,17). The van der Waals surface area contributed by atoms with E-state index >= 15 is 0 Å². The monoisotopic (exact) mass is 302 g/mol. The molecule has 1 saturated heterocycles. The van der Waals surface area contributed by atoms with E-state index in [4.69, 9.17) is 23.8 Å². The molecule has 7 heteroatoms. The molecule has 0 bridgehead atoms. The summed E-state index contributed by atoms with van der Waals surface area (Å²) >= 11 is 11.4. The quantitative estimate of drug-likeness (QED) is 0.824. The Balaban J connectivity index is 2.21. The number of nitrogens with zero attached hydrogens (tertiary/aromatic N) is 1. The molecule has 4 nitrogen and oxygen atoms in total. The van der Waals surface area contributed by atoms with Crippen molar-refractivity contribution >= 4 is 44.7 Å². The molecule has 2 heterocycles. The van der Waals surface area contributed by atoms with Crippen molar-refractivity contribution in [3.63, 3.8) is 0 Å². The van der Waals surface area contributed by atoms with Crippen LogP contribution in [-0.4, -0.2) is 29.5 Å². The zero-order valence-electron chi connectivity index (χ0n) is 9.39. The van der Waals surface area contributed by atoms with E-state index in [0.717, 1.165) is 11.0 Å². The van der Waals surface area contributed by atoms with Crippen molar-refractivity contribution in [1.29, 1.82) is 0 Å². The van der Waals surface area contributed by atoms with E-state index in [0.29, 0.717) is 16.2 Å². The second-order valence-electron chi connectivity index (χ2n) is 4.49. The first kappa shape index (κ1) is 12.2. The van der Waals surface area contributed by atoms with Crippen molar-refractivity contribution in [1.82, 2.24) is 9.55 Å². The van der Waals surface area contributed by atoms with Gasteiger partial charge in [0, 0.05) is 0 Å². The van der Waals surface area contributed by atoms with Gasteiger partial charge in [-0.2, -0.15) is 0 Å². The summed E-state index contributed by atoms with van der Waals surface area (Å²) < 4.78 is 25.5. The summed E-state index contributed by atoms with van der Waals surface area (Å²) in [5, 5.41) is 0.596. The molecule has 1 atom stereocenters. The lowest BCUT2D eigenvalue weighted by Gasteiger charge is -2.11. The molecular formula is C11H11ClN2O2S2. The van der Waals surface area contributed by atoms with Gasteiger partial charge in [0.05, 0.1) is 33.6 Å². The minimum Gasteiger partial charge on any atom is -0.329 e. The lowest BCUT2D eigenvalue weighted by molar-refractivity contribution is 0.563. The third-order valence-corrected chi connectivity index (χ3v) is 5.64. The van der Waals surface area contributed by atoms with E-state index in [1.54, 1.807) is 6.07 Å². The molecule has 1 aromatic heterocycles. The molecule has 1 aliphatic rings. The van der Waals surface area contributed by atoms with Gasteiger partial charge in [0.15, 0.2) is 14.6 Å². The fourth-order valence-corrected chi connectivity index (χ4v) is 4.72. The Morgan fingerprint density at radius 2 is 2.22 bits per heavy atom. The summed E-state index contributed by atoms with van der Waals surface area (Å²) in [7, 11) is -2.93. The van der Waals surface area contributed by atoms with E-state index in [1.807, 2.05) is 16.7 Å². The van der Waals surface area contributed by atoms with Crippen LogP contribution in [0.3, 0.4) is 0 Å². The van der Waals surface area contributed by atoms with Crippen molar-refractivity contribution in [3.8, 4) is 0 Å². The van der Waals surface area contributed by atoms with E-state index in [-0.39, 0.29) is 17.5 Å². The van der Waals surface area contributed by atoms with Gasteiger partial charge in [0.25, 0.3) is 0 Å². The minimum atomic E-state index is -2.93. The van der Waals surface area contributed by atoms with Gasteiger partial charge in [-0.3, -0.25) is 0 Å². The number of imidazole rings is 1. The summed E-state index contributed by atoms with van der Waals surface area (Å²) in [5.41, 5.74) is 1.64. The molecule has 96 valence electrons. The van der Waals surface area contributed by atoms with E-state index in [9.17, 15) is 8.42 Å². The molecule has 0 spiro atoms. The Morgan fingerprint density at radius 3 is 2.89 bits per heavy atom. The van der Waals surface area contributed by atoms with Crippen LogP contribution in [0.2, 0.25) is 5.02 Å². The van der Waals surface area contributed by atoms with Gasteiger partial charge in [-0.1, -0.05) is 17.7 Å². The topological polar surface area (TPSA) is 54.9 Å². The summed E-state index contributed by atoms with van der Waals surface area (Å²) in [5.74, 6) is 0.382. The van der Waals surface area contributed by atoms with Gasteiger partial charge >= 0.3 is 0 Å². The van der Waals surface area contributed by atoms with Gasteiger partial charge in [-0.15, -0.1) is 0 Å². The smallest absolute Gasteiger partial charge is 0.178 e. The van der Waals surface area contributed by atoms with E-state index in [2.05, 4.69) is 4.98 Å². The van der Waals surface area contributed by atoms with Crippen molar-refractivity contribution in [2.45, 2.75) is 12.5 Å². The minimum absolute atomic E-state index is 0.0882. The molecule has 1 N–H and O–H groups in total. The van der Waals surface area contributed by atoms with Crippen molar-refractivity contribution in [2.24, 2.45) is 0 Å². The van der Waals surface area contributed by atoms with Crippen LogP contribution in [0.1, 0.15) is 12.5 Å². The van der Waals surface area contributed by atoms with Gasteiger partial charge in [-0.25, -0.2) is 8.42 Å². The third kappa shape index (κ3) is 1.88. The zero-order chi connectivity index (χ0) is 12.9. The van der Waals surface area contributed by atoms with Crippen LogP contribution < -0.4 is 0 Å². The van der Waals surface area contributed by atoms with Gasteiger partial charge < -0.3 is 9.55 Å². The number of sulfone groups is 1. The highest BCUT2D eigenvalue weighted by molar-refractivity contribution is 7.91. The maximum Gasteiger partial charge on any atom is 0.178 e. The second-order valence-corrected chi connectivity index (χ2v) is 7.51. The fourth-order valence-electron chi connectivity index (χ4n) is 2.46. The number of rotatable bonds is 1. The Kier molecular flexibility index (Phi) is 2.76. The number of aromatic amines is 1. The Hall–Kier alpha value is -0.850. The number of hydrogen-bond acceptors (Lipinski definition) is 3. The van der Waals surface area contributed by atoms with Crippen LogP contribution in [0.5, 0.6) is 0 Å². The first-order valence-corrected chi connectivity index (χ1v) is 8.18. The number of hydrogen-bond donors (Lipinski definition) is 1. The van der Waals surface area contributed by atoms with Gasteiger partial charge in [0.2, 0.25) is 0 Å². The van der Waals surface area contributed by atoms with Crippen LogP contribution in [0.4, 0.5) is 0 Å². The number of aromatic nitrogens is 2. The van der Waals surface area contributed by atoms with Crippen LogP contribution in [-0.2, 0) is 9.84 Å². The highest BCUT2D eigenvalue weighted by Gasteiger charge is 2.30. The lowest BCUT2D eigenvalue weighted by Crippen LogP contribution is -2.10. The predicted molar refractivity (Wildman–Crippen MR) is 74.4 cm³/mol. The summed E-state index contributed by atoms with van der Waals surface area (Å²) in [6, 6.07) is 5.44. The predicted octanol–water partition coefficient (Wildman–Crippen LogP) is 2.71. The molecule has 3 rings (SSSR count). The number of para-hydroxylation sites is 1. The molecule has 1 unspecified atom stereocenters. The lowest BCUT2D eigenvalue weighted by atomic mass is 10.2. The Morgan fingerprint density at radius 1 is 1.44 bits per heavy atom. The third-order valence-electron chi connectivity index (χ3n) is 3.28. The summed E-state index contributed by atoms with van der Waals surface area (Å²) in [6.07, 6.45) is 0.607. The molecule has 0 saturated carbocycles. The number of benzene rings is 1. The normalized spacial score (nSPS) is 22.6. The molecule has 1 fully saturated rings. The highest BCUT2D eigenvalue weighted by atomic mass is 35.5. The fraction of sp³-hybridized carbons (Fsp3) is 0.364. The zero-order valence-corrected chi connectivity index (χ0v) is 11.8. The highest BCUT2D eigenvalue weighted by Crippen LogP contribution is 2.30. The molecule has 1 aromatic carbocycles. The maximum atomic E-state index is 11.6. The van der Waals surface area contributed by atoms with E-state index in [1.165, 1.54) is 0 Å². The van der Waals surface area contributed by atoms with Crippen LogP contribution >= 0.6 is 23.8 Å². The van der Waals surface area contributed by atoms with Gasteiger partial charge in [-0.05, 0) is 30.8 Å².